The number of carbonyl (C=O) groups excluding carboxylic acids is 1. The molecule has 9 atom stereocenters. The van der Waals surface area contributed by atoms with E-state index in [1.165, 1.54) is 7.11 Å². The molecule has 3 aliphatic heterocycles. The van der Waals surface area contributed by atoms with Crippen molar-refractivity contribution < 1.29 is 39.1 Å². The number of nitrogens with two attached hydrogens (primary N) is 1. The summed E-state index contributed by atoms with van der Waals surface area (Å²) in [5, 5.41) is 36.2. The van der Waals surface area contributed by atoms with Crippen LogP contribution >= 0.6 is 0 Å². The molecule has 0 aromatic heterocycles. The predicted molar refractivity (Wildman–Crippen MR) is 86.0 cm³/mol. The molecule has 3 heterocycles. The fourth-order valence-corrected chi connectivity index (χ4v) is 6.04. The lowest BCUT2D eigenvalue weighted by Crippen LogP contribution is -2.82. The topological polar surface area (TPSA) is 165 Å². The zero-order chi connectivity index (χ0) is 19.6. The molecule has 0 radical (unpaired) electrons. The van der Waals surface area contributed by atoms with Crippen molar-refractivity contribution in [2.24, 2.45) is 22.6 Å². The van der Waals surface area contributed by atoms with Gasteiger partial charge in [-0.1, -0.05) is 0 Å². The molecule has 2 bridgehead atoms. The summed E-state index contributed by atoms with van der Waals surface area (Å²) < 4.78 is 22.7. The summed E-state index contributed by atoms with van der Waals surface area (Å²) in [6.45, 7) is 3.45. The van der Waals surface area contributed by atoms with Crippen molar-refractivity contribution in [2.75, 3.05) is 13.7 Å². The highest BCUT2D eigenvalue weighted by atomic mass is 16.8. The predicted octanol–water partition coefficient (Wildman–Crippen LogP) is -3.22. The molecule has 2 spiro atoms. The van der Waals surface area contributed by atoms with E-state index in [1.54, 1.807) is 13.8 Å². The lowest BCUT2D eigenvalue weighted by atomic mass is 9.54. The summed E-state index contributed by atoms with van der Waals surface area (Å²) in [6.07, 6.45) is -5.53. The third-order valence-corrected chi connectivity index (χ3v) is 6.84. The number of aliphatic hydroxyl groups is 3. The first-order chi connectivity index (χ1) is 12.5. The van der Waals surface area contributed by atoms with Crippen molar-refractivity contribution >= 4 is 11.9 Å². The van der Waals surface area contributed by atoms with E-state index in [1.807, 2.05) is 0 Å². The number of fused-ring (bicyclic) bond motifs is 3. The van der Waals surface area contributed by atoms with Gasteiger partial charge in [0.05, 0.1) is 6.61 Å². The molecule has 6 N–H and O–H groups in total. The summed E-state index contributed by atoms with van der Waals surface area (Å²) in [4.78, 5) is 16.8. The Bertz CT molecular complexity index is 760. The SMILES string of the molecule is CO[C@H]1N=C(N)NC23C1C1C4(COC(C)(C)O4)C(OC(=O)[C@H]2O)C1(O)[C@@H]3O. The minimum atomic E-state index is -1.88. The van der Waals surface area contributed by atoms with Gasteiger partial charge < -0.3 is 45.3 Å². The van der Waals surface area contributed by atoms with Gasteiger partial charge in [-0.05, 0) is 13.8 Å². The Morgan fingerprint density at radius 1 is 1.37 bits per heavy atom. The minimum absolute atomic E-state index is 0.0376. The molecule has 5 aliphatic rings. The van der Waals surface area contributed by atoms with Crippen molar-refractivity contribution in [2.45, 2.75) is 60.9 Å². The quantitative estimate of drug-likeness (QED) is 0.290. The van der Waals surface area contributed by atoms with E-state index in [2.05, 4.69) is 10.3 Å². The van der Waals surface area contributed by atoms with Crippen LogP contribution in [0.2, 0.25) is 0 Å². The number of rotatable bonds is 1. The van der Waals surface area contributed by atoms with E-state index in [9.17, 15) is 20.1 Å². The summed E-state index contributed by atoms with van der Waals surface area (Å²) in [5.74, 6) is -3.71. The van der Waals surface area contributed by atoms with Crippen LogP contribution in [-0.2, 0) is 23.7 Å². The zero-order valence-corrected chi connectivity index (χ0v) is 15.1. The number of nitrogens with zero attached hydrogens (tertiary/aromatic N) is 1. The van der Waals surface area contributed by atoms with Gasteiger partial charge in [0, 0.05) is 18.9 Å². The number of hydrogen-bond donors (Lipinski definition) is 5. The molecule has 27 heavy (non-hydrogen) atoms. The zero-order valence-electron chi connectivity index (χ0n) is 15.1. The van der Waals surface area contributed by atoms with Gasteiger partial charge in [-0.2, -0.15) is 0 Å². The Hall–Kier alpha value is -1.50. The van der Waals surface area contributed by atoms with Gasteiger partial charge in [-0.15, -0.1) is 0 Å². The largest absolute Gasteiger partial charge is 0.454 e. The van der Waals surface area contributed by atoms with Gasteiger partial charge >= 0.3 is 5.97 Å². The third-order valence-electron chi connectivity index (χ3n) is 6.84. The summed E-state index contributed by atoms with van der Waals surface area (Å²) in [7, 11) is 1.40. The first-order valence-corrected chi connectivity index (χ1v) is 8.82. The third kappa shape index (κ3) is 1.66. The van der Waals surface area contributed by atoms with Crippen molar-refractivity contribution in [3.05, 3.63) is 0 Å². The Morgan fingerprint density at radius 2 is 2.07 bits per heavy atom. The maximum Gasteiger partial charge on any atom is 0.338 e. The highest BCUT2D eigenvalue weighted by molar-refractivity contribution is 5.85. The molecule has 2 saturated carbocycles. The fourth-order valence-electron chi connectivity index (χ4n) is 6.04. The van der Waals surface area contributed by atoms with Crippen LogP contribution in [0.3, 0.4) is 0 Å². The van der Waals surface area contributed by atoms with Crippen molar-refractivity contribution in [3.8, 4) is 0 Å². The second kappa shape index (κ2) is 4.73. The maximum atomic E-state index is 12.6. The van der Waals surface area contributed by atoms with E-state index < -0.39 is 64.9 Å². The molecular formula is C16H23N3O8. The number of nitrogens with one attached hydrogen (secondary N) is 1. The van der Waals surface area contributed by atoms with Gasteiger partial charge in [-0.3, -0.25) is 0 Å². The second-order valence-corrected chi connectivity index (χ2v) is 8.46. The van der Waals surface area contributed by atoms with E-state index in [0.717, 1.165) is 0 Å². The Kier molecular flexibility index (Phi) is 3.08. The number of guanidine groups is 1. The van der Waals surface area contributed by atoms with Crippen LogP contribution in [0.15, 0.2) is 4.99 Å². The molecule has 11 heteroatoms. The van der Waals surface area contributed by atoms with E-state index in [0.29, 0.717) is 0 Å². The molecule has 150 valence electrons. The summed E-state index contributed by atoms with van der Waals surface area (Å²) in [5.41, 5.74) is 1.02. The van der Waals surface area contributed by atoms with Crippen molar-refractivity contribution in [3.63, 3.8) is 0 Å². The normalized spacial score (nSPS) is 57.3. The van der Waals surface area contributed by atoms with Gasteiger partial charge in [0.2, 0.25) is 0 Å². The smallest absolute Gasteiger partial charge is 0.338 e. The lowest BCUT2D eigenvalue weighted by Gasteiger charge is -2.61. The summed E-state index contributed by atoms with van der Waals surface area (Å²) in [6, 6.07) is 0. The van der Waals surface area contributed by atoms with Gasteiger partial charge in [0.25, 0.3) is 0 Å². The standard InChI is InChI=1S/C16H23N3O8/c1-13(2)25-4-14(27-13)6-5-8(24-3)18-12(17)19-15(5)7(20)9(21)26-11(14)16(6,23)10(15)22/h5-8,10-11,20,22-23H,4H2,1-3H3,(H3,17,18,19)/t5?,6?,7-,8-,10-,11?,14?,15?,16?/m1/s1. The van der Waals surface area contributed by atoms with Crippen LogP contribution in [0.25, 0.3) is 0 Å². The highest BCUT2D eigenvalue weighted by Gasteiger charge is 2.92. The first kappa shape index (κ1) is 17.6. The molecule has 11 nitrogen and oxygen atoms in total. The van der Waals surface area contributed by atoms with Gasteiger partial charge in [0.15, 0.2) is 30.2 Å². The average Bonchev–Trinajstić information content (AvgIpc) is 3.01. The van der Waals surface area contributed by atoms with Crippen molar-refractivity contribution in [1.29, 1.82) is 0 Å². The molecule has 4 fully saturated rings. The molecule has 0 aromatic carbocycles. The monoisotopic (exact) mass is 385 g/mol. The number of ether oxygens (including phenoxy) is 4. The molecule has 2 aliphatic carbocycles. The van der Waals surface area contributed by atoms with Gasteiger partial charge in [0.1, 0.15) is 22.8 Å². The second-order valence-electron chi connectivity index (χ2n) is 8.46. The Balaban J connectivity index is 1.75. The van der Waals surface area contributed by atoms with E-state index >= 15 is 0 Å². The van der Waals surface area contributed by atoms with Crippen LogP contribution in [0.5, 0.6) is 0 Å². The number of aliphatic imine (C=N–C) groups is 1. The number of carbonyl (C=O) groups is 1. The number of aliphatic hydroxyl groups excluding tert-OH is 2. The van der Waals surface area contributed by atoms with E-state index in [4.69, 9.17) is 24.7 Å². The molecule has 0 aromatic rings. The molecule has 0 amide bonds. The number of methoxy groups -OCH3 is 1. The number of hydrogen-bond acceptors (Lipinski definition) is 11. The lowest BCUT2D eigenvalue weighted by molar-refractivity contribution is -0.347. The van der Waals surface area contributed by atoms with Crippen LogP contribution in [0, 0.1) is 11.8 Å². The van der Waals surface area contributed by atoms with Crippen LogP contribution in [0.4, 0.5) is 0 Å². The summed E-state index contributed by atoms with van der Waals surface area (Å²) >= 11 is 0. The average molecular weight is 385 g/mol. The Labute approximate surface area is 154 Å². The van der Waals surface area contributed by atoms with Crippen molar-refractivity contribution in [1.82, 2.24) is 5.32 Å². The molecular weight excluding hydrogens is 362 g/mol. The Morgan fingerprint density at radius 3 is 2.67 bits per heavy atom. The number of esters is 1. The first-order valence-electron chi connectivity index (χ1n) is 8.82. The molecule has 5 rings (SSSR count). The van der Waals surface area contributed by atoms with E-state index in [-0.39, 0.29) is 12.6 Å². The van der Waals surface area contributed by atoms with Crippen LogP contribution < -0.4 is 11.1 Å². The van der Waals surface area contributed by atoms with Crippen LogP contribution in [0.1, 0.15) is 13.8 Å². The van der Waals surface area contributed by atoms with Gasteiger partial charge in [-0.25, -0.2) is 9.79 Å². The minimum Gasteiger partial charge on any atom is -0.454 e. The maximum absolute atomic E-state index is 12.6. The van der Waals surface area contributed by atoms with Crippen LogP contribution in [-0.4, -0.2) is 88.0 Å². The fraction of sp³-hybridized carbons (Fsp3) is 0.875. The molecule has 2 saturated heterocycles. The highest BCUT2D eigenvalue weighted by Crippen LogP contribution is 2.70. The molecule has 6 unspecified atom stereocenters.